The molecule has 0 bridgehead atoms. The molecule has 1 unspecified atom stereocenters. The first kappa shape index (κ1) is 55.3. The smallest absolute Gasteiger partial charge is 0.462 e. The number of hydrogen-bond donors (Lipinski definition) is 5. The van der Waals surface area contributed by atoms with E-state index in [9.17, 15) is 39.2 Å². The molecule has 0 aromatic heterocycles. The Labute approximate surface area is 359 Å². The summed E-state index contributed by atoms with van der Waals surface area (Å²) < 4.78 is 32.6. The zero-order valence-corrected chi connectivity index (χ0v) is 37.3. The van der Waals surface area contributed by atoms with Crippen molar-refractivity contribution in [1.29, 1.82) is 0 Å². The van der Waals surface area contributed by atoms with Crippen LogP contribution < -0.4 is 0 Å². The molecule has 5 N–H and O–H groups in total. The van der Waals surface area contributed by atoms with Crippen LogP contribution in [0.15, 0.2) is 60.8 Å². The summed E-state index contributed by atoms with van der Waals surface area (Å²) in [5.74, 6) is -1.99. The molecular weight excluding hydrogens is 791 g/mol. The first-order valence-electron chi connectivity index (χ1n) is 22.3. The van der Waals surface area contributed by atoms with E-state index in [1.165, 1.54) is 38.5 Å². The lowest BCUT2D eigenvalue weighted by molar-refractivity contribution is -0.161. The van der Waals surface area contributed by atoms with Crippen LogP contribution in [0.5, 0.6) is 0 Å². The average Bonchev–Trinajstić information content (AvgIpc) is 3.49. The van der Waals surface area contributed by atoms with Crippen LogP contribution in [0.25, 0.3) is 0 Å². The first-order valence-corrected chi connectivity index (χ1v) is 23.8. The van der Waals surface area contributed by atoms with Crippen LogP contribution in [0.1, 0.15) is 149 Å². The molecule has 0 aliphatic heterocycles. The van der Waals surface area contributed by atoms with Gasteiger partial charge in [-0.3, -0.25) is 23.4 Å². The van der Waals surface area contributed by atoms with Crippen LogP contribution in [-0.2, 0) is 37.5 Å². The van der Waals surface area contributed by atoms with Crippen LogP contribution in [0.4, 0.5) is 0 Å². The summed E-state index contributed by atoms with van der Waals surface area (Å²) in [5.41, 5.74) is 0. The molecule has 0 radical (unpaired) electrons. The Morgan fingerprint density at radius 3 is 1.98 bits per heavy atom. The number of carbonyl (C=O) groups excluding carboxylic acids is 3. The number of aliphatic hydroxyl groups excluding tert-OH is 4. The number of ether oxygens (including phenoxy) is 2. The molecular formula is C46H77O13P. The van der Waals surface area contributed by atoms with Crippen molar-refractivity contribution in [2.45, 2.75) is 173 Å². The van der Waals surface area contributed by atoms with Crippen LogP contribution >= 0.6 is 7.82 Å². The maximum atomic E-state index is 12.6. The minimum absolute atomic E-state index is 0.0375. The van der Waals surface area contributed by atoms with Gasteiger partial charge in [0.15, 0.2) is 6.10 Å². The maximum absolute atomic E-state index is 12.6. The number of carbonyl (C=O) groups is 3. The van der Waals surface area contributed by atoms with Crippen LogP contribution in [-0.4, -0.2) is 93.9 Å². The highest BCUT2D eigenvalue weighted by molar-refractivity contribution is 7.47. The molecule has 7 atom stereocenters. The van der Waals surface area contributed by atoms with E-state index in [2.05, 4.69) is 42.7 Å². The molecule has 0 aromatic rings. The largest absolute Gasteiger partial charge is 0.472 e. The molecule has 1 rings (SSSR count). The molecule has 344 valence electrons. The van der Waals surface area contributed by atoms with Gasteiger partial charge < -0.3 is 34.8 Å². The second kappa shape index (κ2) is 35.8. The van der Waals surface area contributed by atoms with Gasteiger partial charge in [-0.05, 0) is 64.2 Å². The van der Waals surface area contributed by atoms with Crippen molar-refractivity contribution in [2.24, 2.45) is 11.8 Å². The quantitative estimate of drug-likeness (QED) is 0.0172. The van der Waals surface area contributed by atoms with E-state index < -0.39 is 76.5 Å². The highest BCUT2D eigenvalue weighted by atomic mass is 31.2. The second-order valence-corrected chi connectivity index (χ2v) is 17.0. The standard InChI is InChI=1S/C46H77O13P/c1-3-5-7-8-9-10-11-12-13-14-15-16-17-18-19-20-26-30-46(53)59-40(37-58-60(54,55)57-35-39(49)34-47)36-56-45(52)29-25-22-21-24-28-41-42(44(51)33-43(41)50)32-31-38(48)27-23-6-4-2/h12-13,15-16,18-19,21,24,31-32,38-43,47-50H,3-11,14,17,20,22-23,25-30,33-37H2,1-2H3,(H,54,55)/b13-12-,16-15-,19-18-,24-21-,32-31+/t38-,39-,40+,41+,42+,43-/m0/s1. The van der Waals surface area contributed by atoms with Gasteiger partial charge >= 0.3 is 19.8 Å². The average molecular weight is 869 g/mol. The summed E-state index contributed by atoms with van der Waals surface area (Å²) in [6, 6.07) is 0. The van der Waals surface area contributed by atoms with Gasteiger partial charge in [0.1, 0.15) is 18.5 Å². The monoisotopic (exact) mass is 869 g/mol. The molecule has 13 nitrogen and oxygen atoms in total. The third-order valence-electron chi connectivity index (χ3n) is 10.0. The number of ketones is 1. The predicted molar refractivity (Wildman–Crippen MR) is 234 cm³/mol. The molecule has 14 heteroatoms. The molecule has 0 amide bonds. The maximum Gasteiger partial charge on any atom is 0.472 e. The Balaban J connectivity index is 2.51. The molecule has 0 saturated heterocycles. The molecule has 0 spiro atoms. The zero-order chi connectivity index (χ0) is 44.3. The fourth-order valence-corrected chi connectivity index (χ4v) is 7.25. The minimum Gasteiger partial charge on any atom is -0.462 e. The van der Waals surface area contributed by atoms with Gasteiger partial charge in [0.05, 0.1) is 32.0 Å². The summed E-state index contributed by atoms with van der Waals surface area (Å²) in [5, 5.41) is 39.1. The molecule has 0 aromatic carbocycles. The number of aliphatic hydroxyl groups is 4. The molecule has 1 aliphatic rings. The third-order valence-corrected chi connectivity index (χ3v) is 11.0. The Hall–Kier alpha value is -2.74. The number of allylic oxidation sites excluding steroid dienone is 9. The van der Waals surface area contributed by atoms with E-state index in [0.717, 1.165) is 38.5 Å². The van der Waals surface area contributed by atoms with Gasteiger partial charge in [0.2, 0.25) is 0 Å². The highest BCUT2D eigenvalue weighted by Crippen LogP contribution is 2.43. The molecule has 1 saturated carbocycles. The van der Waals surface area contributed by atoms with Crippen molar-refractivity contribution in [3.05, 3.63) is 60.8 Å². The Morgan fingerprint density at radius 2 is 1.32 bits per heavy atom. The van der Waals surface area contributed by atoms with Crippen LogP contribution in [0, 0.1) is 11.8 Å². The topological polar surface area (TPSA) is 206 Å². The first-order chi connectivity index (χ1) is 28.9. The highest BCUT2D eigenvalue weighted by Gasteiger charge is 2.39. The summed E-state index contributed by atoms with van der Waals surface area (Å²) in [4.78, 5) is 47.7. The fraction of sp³-hybridized carbons (Fsp3) is 0.717. The Bertz CT molecular complexity index is 1340. The molecule has 1 aliphatic carbocycles. The van der Waals surface area contributed by atoms with E-state index >= 15 is 0 Å². The number of rotatable bonds is 37. The summed E-state index contributed by atoms with van der Waals surface area (Å²) in [6.07, 6.45) is 32.8. The van der Waals surface area contributed by atoms with Crippen molar-refractivity contribution >= 4 is 25.5 Å². The van der Waals surface area contributed by atoms with Gasteiger partial charge in [-0.25, -0.2) is 4.57 Å². The Morgan fingerprint density at radius 1 is 0.750 bits per heavy atom. The lowest BCUT2D eigenvalue weighted by atomic mass is 9.90. The van der Waals surface area contributed by atoms with Gasteiger partial charge in [0, 0.05) is 31.1 Å². The summed E-state index contributed by atoms with van der Waals surface area (Å²) in [7, 11) is -4.70. The number of unbranched alkanes of at least 4 members (excludes halogenated alkanes) is 10. The predicted octanol–water partition coefficient (Wildman–Crippen LogP) is 8.48. The molecule has 60 heavy (non-hydrogen) atoms. The van der Waals surface area contributed by atoms with Crippen molar-refractivity contribution in [3.8, 4) is 0 Å². The lowest BCUT2D eigenvalue weighted by Gasteiger charge is -2.20. The van der Waals surface area contributed by atoms with Crippen molar-refractivity contribution in [2.75, 3.05) is 26.4 Å². The lowest BCUT2D eigenvalue weighted by Crippen LogP contribution is -2.29. The second-order valence-electron chi connectivity index (χ2n) is 15.5. The van der Waals surface area contributed by atoms with Crippen molar-refractivity contribution in [3.63, 3.8) is 0 Å². The van der Waals surface area contributed by atoms with Gasteiger partial charge in [-0.15, -0.1) is 0 Å². The number of hydrogen-bond acceptors (Lipinski definition) is 12. The normalized spacial score (nSPS) is 19.9. The van der Waals surface area contributed by atoms with Gasteiger partial charge in [-0.2, -0.15) is 0 Å². The van der Waals surface area contributed by atoms with E-state index in [1.54, 1.807) is 12.2 Å². The van der Waals surface area contributed by atoms with E-state index in [4.69, 9.17) is 19.1 Å². The minimum atomic E-state index is -4.70. The fourth-order valence-electron chi connectivity index (χ4n) is 6.46. The van der Waals surface area contributed by atoms with Crippen molar-refractivity contribution < 1.29 is 62.8 Å². The number of Topliss-reactive ketones (excluding diaryl/α,β-unsaturated/α-hetero) is 1. The summed E-state index contributed by atoms with van der Waals surface area (Å²) in [6.45, 7) is 1.89. The molecule has 0 heterocycles. The van der Waals surface area contributed by atoms with Crippen molar-refractivity contribution in [1.82, 2.24) is 0 Å². The van der Waals surface area contributed by atoms with Gasteiger partial charge in [0.25, 0.3) is 0 Å². The molecule has 1 fully saturated rings. The van der Waals surface area contributed by atoms with E-state index in [0.29, 0.717) is 38.5 Å². The third kappa shape index (κ3) is 29.5. The number of phosphoric ester groups is 1. The number of phosphoric acid groups is 1. The zero-order valence-electron chi connectivity index (χ0n) is 36.4. The van der Waals surface area contributed by atoms with Crippen LogP contribution in [0.3, 0.4) is 0 Å². The van der Waals surface area contributed by atoms with Gasteiger partial charge in [-0.1, -0.05) is 126 Å². The van der Waals surface area contributed by atoms with Crippen LogP contribution in [0.2, 0.25) is 0 Å². The van der Waals surface area contributed by atoms with E-state index in [1.807, 2.05) is 24.3 Å². The SMILES string of the molecule is CCCCCCCC/C=C\C/C=C\C/C=C\CCCC(=O)O[C@H](COC(=O)CCC/C=C\C[C@H]1[C@@H](O)CC(=O)[C@@H]1/C=C/[C@@H](O)CCCCC)COP(=O)(O)OC[C@@H](O)CO. The Kier molecular flexibility index (Phi) is 33.0. The summed E-state index contributed by atoms with van der Waals surface area (Å²) >= 11 is 0. The van der Waals surface area contributed by atoms with E-state index in [-0.39, 0.29) is 31.0 Å². The number of esters is 2.